The van der Waals surface area contributed by atoms with Gasteiger partial charge in [-0.05, 0) is 42.7 Å². The Hall–Kier alpha value is -0.390. The lowest BCUT2D eigenvalue weighted by Crippen LogP contribution is -2.41. The average molecular weight is 318 g/mol. The third-order valence-electron chi connectivity index (χ3n) is 3.27. The van der Waals surface area contributed by atoms with Crippen LogP contribution in [0, 0.1) is 6.92 Å². The summed E-state index contributed by atoms with van der Waals surface area (Å²) in [6.45, 7) is 7.30. The van der Waals surface area contributed by atoms with Crippen molar-refractivity contribution in [3.63, 3.8) is 0 Å². The number of hydrogen-bond donors (Lipinski definition) is 1. The van der Waals surface area contributed by atoms with Crippen LogP contribution in [0.4, 0.5) is 0 Å². The van der Waals surface area contributed by atoms with Gasteiger partial charge in [-0.15, -0.1) is 0 Å². The van der Waals surface area contributed by atoms with Crippen molar-refractivity contribution >= 4 is 15.9 Å². The fourth-order valence-electron chi connectivity index (χ4n) is 2.01. The molecule has 1 heterocycles. The smallest absolute Gasteiger partial charge is 0.0738 e. The molecule has 0 fully saturated rings. The van der Waals surface area contributed by atoms with Gasteiger partial charge in [-0.2, -0.15) is 5.10 Å². The molecule has 0 amide bonds. The monoisotopic (exact) mass is 317 g/mol. The van der Waals surface area contributed by atoms with Gasteiger partial charge < -0.3 is 10.1 Å². The first-order chi connectivity index (χ1) is 8.51. The van der Waals surface area contributed by atoms with Gasteiger partial charge >= 0.3 is 0 Å². The number of nitrogens with zero attached hydrogens (tertiary/aromatic N) is 2. The summed E-state index contributed by atoms with van der Waals surface area (Å²) >= 11 is 3.62. The molecule has 18 heavy (non-hydrogen) atoms. The minimum atomic E-state index is 0.179. The molecule has 0 aliphatic carbocycles. The summed E-state index contributed by atoms with van der Waals surface area (Å²) in [5.74, 6) is 0. The Balaban J connectivity index is 2.81. The maximum Gasteiger partial charge on any atom is 0.0738 e. The van der Waals surface area contributed by atoms with E-state index in [9.17, 15) is 0 Å². The summed E-state index contributed by atoms with van der Waals surface area (Å²) in [6, 6.07) is 0.307. The van der Waals surface area contributed by atoms with Crippen LogP contribution in [0.25, 0.3) is 0 Å². The Labute approximate surface area is 118 Å². The topological polar surface area (TPSA) is 39.1 Å². The van der Waals surface area contributed by atoms with Gasteiger partial charge in [0.05, 0.1) is 22.0 Å². The molecular weight excluding hydrogens is 294 g/mol. The maximum absolute atomic E-state index is 5.46. The second-order valence-electron chi connectivity index (χ2n) is 4.68. The summed E-state index contributed by atoms with van der Waals surface area (Å²) in [5.41, 5.74) is 2.25. The molecule has 2 atom stereocenters. The summed E-state index contributed by atoms with van der Waals surface area (Å²) in [7, 11) is 3.75. The second-order valence-corrected chi connectivity index (χ2v) is 5.47. The first kappa shape index (κ1) is 15.7. The zero-order valence-corrected chi connectivity index (χ0v) is 13.5. The van der Waals surface area contributed by atoms with Crippen LogP contribution in [0.2, 0.25) is 0 Å². The number of aryl methyl sites for hydroxylation is 2. The molecule has 0 radical (unpaired) electrons. The van der Waals surface area contributed by atoms with Gasteiger partial charge in [0, 0.05) is 26.6 Å². The van der Waals surface area contributed by atoms with E-state index in [2.05, 4.69) is 40.2 Å². The molecule has 0 saturated heterocycles. The molecule has 1 aromatic rings. The molecule has 5 heteroatoms. The Morgan fingerprint density at radius 2 is 2.17 bits per heavy atom. The second kappa shape index (κ2) is 7.26. The molecule has 0 saturated carbocycles. The Kier molecular flexibility index (Phi) is 6.32. The fourth-order valence-corrected chi connectivity index (χ4v) is 2.51. The van der Waals surface area contributed by atoms with Crippen molar-refractivity contribution in [3.05, 3.63) is 15.9 Å². The van der Waals surface area contributed by atoms with Gasteiger partial charge in [-0.3, -0.25) is 4.68 Å². The van der Waals surface area contributed by atoms with E-state index >= 15 is 0 Å². The van der Waals surface area contributed by atoms with Crippen molar-refractivity contribution < 1.29 is 4.74 Å². The van der Waals surface area contributed by atoms with Crippen molar-refractivity contribution in [2.75, 3.05) is 13.7 Å². The average Bonchev–Trinajstić information content (AvgIpc) is 2.59. The Morgan fingerprint density at radius 3 is 2.61 bits per heavy atom. The summed E-state index contributed by atoms with van der Waals surface area (Å²) in [6.07, 6.45) is 2.21. The predicted molar refractivity (Wildman–Crippen MR) is 77.9 cm³/mol. The predicted octanol–water partition coefficient (Wildman–Crippen LogP) is 2.44. The highest BCUT2D eigenvalue weighted by molar-refractivity contribution is 9.10. The number of aromatic nitrogens is 2. The summed E-state index contributed by atoms with van der Waals surface area (Å²) in [4.78, 5) is 0. The standard InChI is InChI=1S/C13H24BrN3O/c1-6-7-15-11(10(3)18-5)8-12-13(14)9(2)16-17(12)4/h10-11,15H,6-8H2,1-5H3. The van der Waals surface area contributed by atoms with E-state index in [0.717, 1.165) is 29.6 Å². The van der Waals surface area contributed by atoms with Crippen LogP contribution in [-0.2, 0) is 18.2 Å². The van der Waals surface area contributed by atoms with Crippen LogP contribution in [0.15, 0.2) is 4.47 Å². The number of ether oxygens (including phenoxy) is 1. The molecule has 2 unspecified atom stereocenters. The third-order valence-corrected chi connectivity index (χ3v) is 4.30. The largest absolute Gasteiger partial charge is 0.380 e. The molecule has 1 aromatic heterocycles. The van der Waals surface area contributed by atoms with E-state index in [-0.39, 0.29) is 6.10 Å². The molecular formula is C13H24BrN3O. The summed E-state index contributed by atoms with van der Waals surface area (Å²) in [5, 5.41) is 7.98. The lowest BCUT2D eigenvalue weighted by atomic mass is 10.1. The van der Waals surface area contributed by atoms with Gasteiger partial charge in [-0.25, -0.2) is 0 Å². The van der Waals surface area contributed by atoms with Crippen molar-refractivity contribution in [1.29, 1.82) is 0 Å². The van der Waals surface area contributed by atoms with Crippen molar-refractivity contribution in [2.45, 2.75) is 45.8 Å². The van der Waals surface area contributed by atoms with Crippen molar-refractivity contribution in [1.82, 2.24) is 15.1 Å². The highest BCUT2D eigenvalue weighted by atomic mass is 79.9. The van der Waals surface area contributed by atoms with Crippen LogP contribution in [0.1, 0.15) is 31.7 Å². The SMILES string of the molecule is CCCNC(Cc1c(Br)c(C)nn1C)C(C)OC. The Bertz CT molecular complexity index is 379. The minimum Gasteiger partial charge on any atom is -0.380 e. The van der Waals surface area contributed by atoms with Crippen molar-refractivity contribution in [2.24, 2.45) is 7.05 Å². The van der Waals surface area contributed by atoms with E-state index in [1.807, 2.05) is 18.7 Å². The highest BCUT2D eigenvalue weighted by Gasteiger charge is 2.21. The zero-order valence-electron chi connectivity index (χ0n) is 12.0. The first-order valence-corrected chi connectivity index (χ1v) is 7.24. The van der Waals surface area contributed by atoms with Crippen LogP contribution >= 0.6 is 15.9 Å². The van der Waals surface area contributed by atoms with Crippen LogP contribution in [0.3, 0.4) is 0 Å². The first-order valence-electron chi connectivity index (χ1n) is 6.45. The molecule has 4 nitrogen and oxygen atoms in total. The number of hydrogen-bond acceptors (Lipinski definition) is 3. The maximum atomic E-state index is 5.46. The lowest BCUT2D eigenvalue weighted by molar-refractivity contribution is 0.0824. The molecule has 0 spiro atoms. The van der Waals surface area contributed by atoms with E-state index in [1.165, 1.54) is 5.69 Å². The molecule has 1 rings (SSSR count). The van der Waals surface area contributed by atoms with Gasteiger partial charge in [0.1, 0.15) is 0 Å². The molecule has 0 aliphatic rings. The van der Waals surface area contributed by atoms with E-state index in [4.69, 9.17) is 4.74 Å². The van der Waals surface area contributed by atoms with Crippen LogP contribution < -0.4 is 5.32 Å². The van der Waals surface area contributed by atoms with Crippen LogP contribution in [-0.4, -0.2) is 35.6 Å². The van der Waals surface area contributed by atoms with Gasteiger partial charge in [-0.1, -0.05) is 6.92 Å². The van der Waals surface area contributed by atoms with E-state index in [1.54, 1.807) is 7.11 Å². The number of rotatable bonds is 7. The quantitative estimate of drug-likeness (QED) is 0.839. The van der Waals surface area contributed by atoms with Crippen LogP contribution in [0.5, 0.6) is 0 Å². The Morgan fingerprint density at radius 1 is 1.50 bits per heavy atom. The zero-order chi connectivity index (χ0) is 13.7. The normalized spacial score (nSPS) is 14.8. The van der Waals surface area contributed by atoms with Gasteiger partial charge in [0.25, 0.3) is 0 Å². The molecule has 0 bridgehead atoms. The number of nitrogens with one attached hydrogen (secondary N) is 1. The molecule has 0 aliphatic heterocycles. The number of halogens is 1. The van der Waals surface area contributed by atoms with Crippen molar-refractivity contribution in [3.8, 4) is 0 Å². The van der Waals surface area contributed by atoms with Gasteiger partial charge in [0.15, 0.2) is 0 Å². The minimum absolute atomic E-state index is 0.179. The molecule has 104 valence electrons. The molecule has 1 N–H and O–H groups in total. The fraction of sp³-hybridized carbons (Fsp3) is 0.769. The summed E-state index contributed by atoms with van der Waals surface area (Å²) < 4.78 is 8.52. The lowest BCUT2D eigenvalue weighted by Gasteiger charge is -2.24. The molecule has 0 aromatic carbocycles. The van der Waals surface area contributed by atoms with E-state index in [0.29, 0.717) is 6.04 Å². The number of methoxy groups -OCH3 is 1. The highest BCUT2D eigenvalue weighted by Crippen LogP contribution is 2.22. The van der Waals surface area contributed by atoms with Gasteiger partial charge in [0.2, 0.25) is 0 Å². The third kappa shape index (κ3) is 3.80. The van der Waals surface area contributed by atoms with E-state index < -0.39 is 0 Å².